The van der Waals surface area contributed by atoms with Crippen LogP contribution in [0.25, 0.3) is 16.7 Å². The Morgan fingerprint density at radius 2 is 2.13 bits per heavy atom. The zero-order valence-corrected chi connectivity index (χ0v) is 16.6. The van der Waals surface area contributed by atoms with Gasteiger partial charge in [-0.15, -0.1) is 0 Å². The number of nitrogens with one attached hydrogen (secondary N) is 2. The highest BCUT2D eigenvalue weighted by Crippen LogP contribution is 2.13. The van der Waals surface area contributed by atoms with Crippen LogP contribution in [0, 0.1) is 12.3 Å². The van der Waals surface area contributed by atoms with Crippen LogP contribution in [0.15, 0.2) is 52.0 Å². The number of amides is 1. The van der Waals surface area contributed by atoms with Crippen LogP contribution in [0.5, 0.6) is 0 Å². The lowest BCUT2D eigenvalue weighted by molar-refractivity contribution is 0.0945. The summed E-state index contributed by atoms with van der Waals surface area (Å²) in [6.45, 7) is 2.62. The van der Waals surface area contributed by atoms with E-state index in [1.807, 2.05) is 13.0 Å². The van der Waals surface area contributed by atoms with Crippen molar-refractivity contribution in [3.63, 3.8) is 0 Å². The van der Waals surface area contributed by atoms with Crippen molar-refractivity contribution in [2.45, 2.75) is 20.0 Å². The smallest absolute Gasteiger partial charge is 0.267 e. The van der Waals surface area contributed by atoms with Gasteiger partial charge in [-0.1, -0.05) is 6.07 Å². The molecule has 0 fully saturated rings. The summed E-state index contributed by atoms with van der Waals surface area (Å²) >= 11 is 0. The highest BCUT2D eigenvalue weighted by Gasteiger charge is 2.18. The van der Waals surface area contributed by atoms with E-state index in [0.29, 0.717) is 23.7 Å². The molecule has 0 aromatic carbocycles. The van der Waals surface area contributed by atoms with Crippen molar-refractivity contribution >= 4 is 22.6 Å². The zero-order valence-electron chi connectivity index (χ0n) is 16.6. The molecule has 0 saturated carbocycles. The summed E-state index contributed by atoms with van der Waals surface area (Å²) < 4.78 is 13.4. The lowest BCUT2D eigenvalue weighted by Crippen LogP contribution is -2.35. The summed E-state index contributed by atoms with van der Waals surface area (Å²) in [5, 5.41) is 11.6. The largest absolute Gasteiger partial charge is 0.467 e. The molecule has 0 aliphatic carbocycles. The molecule has 0 bridgehead atoms. The average molecular weight is 407 g/mol. The molecule has 0 unspecified atom stereocenters. The predicted octanol–water partition coefficient (Wildman–Crippen LogP) is 1.61. The van der Waals surface area contributed by atoms with Crippen LogP contribution >= 0.6 is 0 Å². The van der Waals surface area contributed by atoms with Crippen molar-refractivity contribution in [2.24, 2.45) is 0 Å². The van der Waals surface area contributed by atoms with Crippen molar-refractivity contribution in [1.29, 1.82) is 5.41 Å². The van der Waals surface area contributed by atoms with Gasteiger partial charge >= 0.3 is 0 Å². The van der Waals surface area contributed by atoms with Crippen LogP contribution in [-0.4, -0.2) is 33.6 Å². The number of fused-ring (bicyclic) bond motifs is 2. The predicted molar refractivity (Wildman–Crippen MR) is 109 cm³/mol. The molecule has 30 heavy (non-hydrogen) atoms. The molecule has 4 rings (SSSR count). The van der Waals surface area contributed by atoms with E-state index in [9.17, 15) is 9.59 Å². The number of carbonyl (C=O) groups is 1. The van der Waals surface area contributed by atoms with Crippen LogP contribution in [0.3, 0.4) is 0 Å². The van der Waals surface area contributed by atoms with Crippen LogP contribution in [-0.2, 0) is 17.8 Å². The number of hydrogen-bond donors (Lipinski definition) is 2. The summed E-state index contributed by atoms with van der Waals surface area (Å²) in [5.41, 5.74) is 1.43. The molecular formula is C21H21N5O4. The van der Waals surface area contributed by atoms with E-state index in [4.69, 9.17) is 14.6 Å². The van der Waals surface area contributed by atoms with Crippen LogP contribution in [0.1, 0.15) is 21.7 Å². The third-order valence-electron chi connectivity index (χ3n) is 4.90. The average Bonchev–Trinajstić information content (AvgIpc) is 3.26. The standard InChI is InChI=1S/C21H21N5O4/c1-13-5-3-7-26-18(13)24-19-16(21(26)28)11-15(17(22)25(19)8-10-29-2)20(27)23-12-14-6-4-9-30-14/h3-7,9,11,22H,8,10,12H2,1-2H3,(H,23,27). The number of carbonyl (C=O) groups excluding carboxylic acids is 1. The molecule has 0 spiro atoms. The fraction of sp³-hybridized carbons (Fsp3) is 0.238. The molecule has 0 atom stereocenters. The molecule has 1 amide bonds. The Kier molecular flexibility index (Phi) is 5.20. The molecule has 154 valence electrons. The molecule has 0 aliphatic heterocycles. The van der Waals surface area contributed by atoms with Crippen molar-refractivity contribution < 1.29 is 13.9 Å². The Bertz CT molecular complexity index is 1350. The van der Waals surface area contributed by atoms with Gasteiger partial charge in [-0.2, -0.15) is 0 Å². The van der Waals surface area contributed by atoms with Crippen LogP contribution < -0.4 is 16.4 Å². The number of nitrogens with zero attached hydrogens (tertiary/aromatic N) is 3. The van der Waals surface area contributed by atoms with Gasteiger partial charge in [0, 0.05) is 19.9 Å². The van der Waals surface area contributed by atoms with E-state index in [1.54, 1.807) is 31.5 Å². The van der Waals surface area contributed by atoms with Gasteiger partial charge in [0.05, 0.1) is 30.4 Å². The fourth-order valence-electron chi connectivity index (χ4n) is 3.35. The number of methoxy groups -OCH3 is 1. The number of furan rings is 1. The van der Waals surface area contributed by atoms with Gasteiger partial charge in [0.15, 0.2) is 0 Å². The number of hydrogen-bond acceptors (Lipinski definition) is 6. The summed E-state index contributed by atoms with van der Waals surface area (Å²) in [4.78, 5) is 30.6. The second-order valence-electron chi connectivity index (χ2n) is 6.85. The third-order valence-corrected chi connectivity index (χ3v) is 4.90. The number of aromatic nitrogens is 3. The first kappa shape index (κ1) is 19.6. The fourth-order valence-corrected chi connectivity index (χ4v) is 3.35. The highest BCUT2D eigenvalue weighted by molar-refractivity contribution is 5.96. The monoisotopic (exact) mass is 407 g/mol. The third kappa shape index (κ3) is 3.39. The SMILES string of the molecule is COCCn1c(=N)c(C(=O)NCc2ccco2)cc2c(=O)n3cccc(C)c3nc21. The molecule has 9 nitrogen and oxygen atoms in total. The Morgan fingerprint density at radius 3 is 2.87 bits per heavy atom. The number of pyridine rings is 2. The van der Waals surface area contributed by atoms with Crippen LogP contribution in [0.4, 0.5) is 0 Å². The molecule has 0 aliphatic rings. The Hall–Kier alpha value is -3.72. The minimum Gasteiger partial charge on any atom is -0.467 e. The van der Waals surface area contributed by atoms with E-state index in [2.05, 4.69) is 10.3 Å². The Labute approximate surface area is 171 Å². The van der Waals surface area contributed by atoms with E-state index < -0.39 is 5.91 Å². The number of aryl methyl sites for hydroxylation is 1. The first-order valence-corrected chi connectivity index (χ1v) is 9.41. The molecule has 0 saturated heterocycles. The second-order valence-corrected chi connectivity index (χ2v) is 6.85. The molecule has 2 N–H and O–H groups in total. The van der Waals surface area contributed by atoms with Crippen molar-refractivity contribution in [1.82, 2.24) is 19.3 Å². The van der Waals surface area contributed by atoms with Gasteiger partial charge in [-0.05, 0) is 36.8 Å². The van der Waals surface area contributed by atoms with Crippen LogP contribution in [0.2, 0.25) is 0 Å². The van der Waals surface area contributed by atoms with E-state index in [-0.39, 0.29) is 35.1 Å². The van der Waals surface area contributed by atoms with Crippen molar-refractivity contribution in [3.8, 4) is 0 Å². The van der Waals surface area contributed by atoms with Crippen molar-refractivity contribution in [3.05, 3.63) is 75.5 Å². The normalized spacial score (nSPS) is 11.3. The summed E-state index contributed by atoms with van der Waals surface area (Å²) in [6, 6.07) is 8.54. The van der Waals surface area contributed by atoms with E-state index >= 15 is 0 Å². The Morgan fingerprint density at radius 1 is 1.30 bits per heavy atom. The van der Waals surface area contributed by atoms with Gasteiger partial charge in [0.1, 0.15) is 22.5 Å². The maximum Gasteiger partial charge on any atom is 0.267 e. The molecule has 9 heteroatoms. The van der Waals surface area contributed by atoms with Gasteiger partial charge in [0.2, 0.25) is 0 Å². The second kappa shape index (κ2) is 7.96. The minimum absolute atomic E-state index is 0.0404. The lowest BCUT2D eigenvalue weighted by atomic mass is 10.2. The first-order chi connectivity index (χ1) is 14.5. The molecule has 4 aromatic heterocycles. The summed E-state index contributed by atoms with van der Waals surface area (Å²) in [6.07, 6.45) is 3.16. The van der Waals surface area contributed by atoms with Gasteiger partial charge < -0.3 is 19.0 Å². The molecule has 0 radical (unpaired) electrons. The number of ether oxygens (including phenoxy) is 1. The Balaban J connectivity index is 1.91. The van der Waals surface area contributed by atoms with E-state index in [1.165, 1.54) is 21.3 Å². The van der Waals surface area contributed by atoms with Gasteiger partial charge in [-0.3, -0.25) is 19.4 Å². The maximum atomic E-state index is 13.2. The zero-order chi connectivity index (χ0) is 21.3. The van der Waals surface area contributed by atoms with Gasteiger partial charge in [0.25, 0.3) is 11.5 Å². The van der Waals surface area contributed by atoms with E-state index in [0.717, 1.165) is 5.56 Å². The van der Waals surface area contributed by atoms with Gasteiger partial charge in [-0.25, -0.2) is 4.98 Å². The highest BCUT2D eigenvalue weighted by atomic mass is 16.5. The topological polar surface area (TPSA) is 115 Å². The maximum absolute atomic E-state index is 13.2. The minimum atomic E-state index is -0.474. The quantitative estimate of drug-likeness (QED) is 0.471. The lowest BCUT2D eigenvalue weighted by Gasteiger charge is -2.15. The van der Waals surface area contributed by atoms with Crippen molar-refractivity contribution in [2.75, 3.05) is 13.7 Å². The number of rotatable bonds is 6. The summed E-state index contributed by atoms with van der Waals surface area (Å²) in [7, 11) is 1.55. The first-order valence-electron chi connectivity index (χ1n) is 9.41. The summed E-state index contributed by atoms with van der Waals surface area (Å²) in [5.74, 6) is 0.115. The molecule has 4 aromatic rings. The molecular weight excluding hydrogens is 386 g/mol. The molecule has 4 heterocycles.